The lowest BCUT2D eigenvalue weighted by atomic mass is 9.73. The van der Waals surface area contributed by atoms with E-state index in [0.717, 1.165) is 63.8 Å². The van der Waals surface area contributed by atoms with E-state index >= 15 is 0 Å². The Morgan fingerprint density at radius 3 is 2.00 bits per heavy atom. The van der Waals surface area contributed by atoms with Crippen LogP contribution in [0.2, 0.25) is 0 Å². The van der Waals surface area contributed by atoms with Crippen molar-refractivity contribution in [1.82, 2.24) is 4.90 Å². The normalized spacial score (nSPS) is 14.7. The minimum atomic E-state index is -0.867. The standard InChI is InChI=1S/C29H29N3O2/c1-6-13-32-28(33)20-11-9-10-12-21(20)29(32)22-14-18(4)24(30-7-2)16-26(22)34-27-17-25(31-8-3)19(5)15-23(27)29/h1,9-12,14-17,30-31H,7-8,13H2,2-5H3. The second kappa shape index (κ2) is 8.14. The Balaban J connectivity index is 1.91. The topological polar surface area (TPSA) is 53.6 Å². The Morgan fingerprint density at radius 1 is 0.912 bits per heavy atom. The zero-order valence-electron chi connectivity index (χ0n) is 20.1. The van der Waals surface area contributed by atoms with Crippen molar-refractivity contribution >= 4 is 17.3 Å². The third-order valence-electron chi connectivity index (χ3n) is 6.83. The summed E-state index contributed by atoms with van der Waals surface area (Å²) in [5.41, 5.74) is 6.82. The highest BCUT2D eigenvalue weighted by Gasteiger charge is 2.56. The van der Waals surface area contributed by atoms with Gasteiger partial charge in [0.05, 0.1) is 6.54 Å². The first-order chi connectivity index (χ1) is 16.5. The van der Waals surface area contributed by atoms with Crippen LogP contribution in [0.1, 0.15) is 52.0 Å². The molecule has 2 heterocycles. The molecule has 2 aliphatic rings. The van der Waals surface area contributed by atoms with Crippen LogP contribution in [0.4, 0.5) is 11.4 Å². The van der Waals surface area contributed by atoms with Gasteiger partial charge < -0.3 is 20.3 Å². The van der Waals surface area contributed by atoms with Gasteiger partial charge in [0.2, 0.25) is 0 Å². The number of rotatable bonds is 5. The SMILES string of the molecule is C#CCN1C(=O)c2ccccc2C12c1cc(C)c(NCC)cc1Oc1cc(NCC)c(C)cc12. The fraction of sp³-hybridized carbons (Fsp3) is 0.276. The van der Waals surface area contributed by atoms with E-state index in [2.05, 4.69) is 56.4 Å². The van der Waals surface area contributed by atoms with Crippen molar-refractivity contribution in [2.24, 2.45) is 0 Å². The molecule has 0 aromatic heterocycles. The predicted octanol–water partition coefficient (Wildman–Crippen LogP) is 5.65. The first kappa shape index (κ1) is 21.9. The number of benzene rings is 3. The minimum absolute atomic E-state index is 0.0609. The summed E-state index contributed by atoms with van der Waals surface area (Å²) >= 11 is 0. The van der Waals surface area contributed by atoms with Gasteiger partial charge in [-0.2, -0.15) is 0 Å². The smallest absolute Gasteiger partial charge is 0.256 e. The number of fused-ring (bicyclic) bond motifs is 6. The largest absolute Gasteiger partial charge is 0.456 e. The van der Waals surface area contributed by atoms with Crippen molar-refractivity contribution in [3.05, 3.63) is 81.9 Å². The maximum Gasteiger partial charge on any atom is 0.256 e. The molecule has 3 aromatic rings. The van der Waals surface area contributed by atoms with Gasteiger partial charge in [-0.15, -0.1) is 6.42 Å². The number of ether oxygens (including phenoxy) is 1. The minimum Gasteiger partial charge on any atom is -0.456 e. The fourth-order valence-corrected chi connectivity index (χ4v) is 5.43. The van der Waals surface area contributed by atoms with E-state index in [9.17, 15) is 4.79 Å². The number of nitrogens with one attached hydrogen (secondary N) is 2. The van der Waals surface area contributed by atoms with Gasteiger partial charge in [-0.1, -0.05) is 24.1 Å². The molecule has 0 saturated heterocycles. The Bertz CT molecular complexity index is 1290. The summed E-state index contributed by atoms with van der Waals surface area (Å²) < 4.78 is 6.56. The van der Waals surface area contributed by atoms with Gasteiger partial charge in [-0.25, -0.2) is 0 Å². The molecule has 0 saturated carbocycles. The highest BCUT2D eigenvalue weighted by atomic mass is 16.5. The van der Waals surface area contributed by atoms with Gasteiger partial charge in [-0.3, -0.25) is 4.79 Å². The Hall–Kier alpha value is -3.91. The van der Waals surface area contributed by atoms with Crippen LogP contribution in [-0.2, 0) is 5.54 Å². The molecule has 34 heavy (non-hydrogen) atoms. The number of amides is 1. The van der Waals surface area contributed by atoms with E-state index in [1.807, 2.05) is 41.3 Å². The van der Waals surface area contributed by atoms with Crippen molar-refractivity contribution in [2.75, 3.05) is 30.3 Å². The van der Waals surface area contributed by atoms with Crippen LogP contribution in [0, 0.1) is 26.2 Å². The van der Waals surface area contributed by atoms with Crippen LogP contribution < -0.4 is 15.4 Å². The molecule has 3 aromatic carbocycles. The average molecular weight is 452 g/mol. The summed E-state index contributed by atoms with van der Waals surface area (Å²) in [5.74, 6) is 4.14. The summed E-state index contributed by atoms with van der Waals surface area (Å²) in [5, 5.41) is 6.86. The van der Waals surface area contributed by atoms with E-state index in [-0.39, 0.29) is 12.5 Å². The number of anilines is 2. The molecular weight excluding hydrogens is 422 g/mol. The van der Waals surface area contributed by atoms with Crippen LogP contribution in [-0.4, -0.2) is 30.4 Å². The van der Waals surface area contributed by atoms with Gasteiger partial charge >= 0.3 is 0 Å². The van der Waals surface area contributed by atoms with Crippen molar-refractivity contribution in [3.8, 4) is 23.8 Å². The summed E-state index contributed by atoms with van der Waals surface area (Å²) in [4.78, 5) is 15.6. The highest BCUT2D eigenvalue weighted by Crippen LogP contribution is 2.58. The number of carbonyl (C=O) groups excluding carboxylic acids is 1. The number of carbonyl (C=O) groups is 1. The molecule has 0 atom stereocenters. The van der Waals surface area contributed by atoms with Gasteiger partial charge in [0.1, 0.15) is 17.0 Å². The molecule has 1 spiro atoms. The molecule has 2 N–H and O–H groups in total. The maximum absolute atomic E-state index is 13.8. The fourth-order valence-electron chi connectivity index (χ4n) is 5.43. The molecule has 172 valence electrons. The molecule has 2 aliphatic heterocycles. The van der Waals surface area contributed by atoms with Gasteiger partial charge in [0.15, 0.2) is 0 Å². The number of terminal acetylenes is 1. The molecule has 0 bridgehead atoms. The zero-order chi connectivity index (χ0) is 24.0. The molecule has 5 nitrogen and oxygen atoms in total. The van der Waals surface area contributed by atoms with Gasteiger partial charge in [-0.05, 0) is 62.6 Å². The Morgan fingerprint density at radius 2 is 1.47 bits per heavy atom. The van der Waals surface area contributed by atoms with Gasteiger partial charge in [0.25, 0.3) is 5.91 Å². The Kier molecular flexibility index (Phi) is 5.25. The number of hydrogen-bond donors (Lipinski definition) is 2. The van der Waals surface area contributed by atoms with Crippen LogP contribution in [0.3, 0.4) is 0 Å². The summed E-state index contributed by atoms with van der Waals surface area (Å²) in [6.07, 6.45) is 5.83. The second-order valence-electron chi connectivity index (χ2n) is 8.84. The van der Waals surface area contributed by atoms with Crippen LogP contribution >= 0.6 is 0 Å². The summed E-state index contributed by atoms with van der Waals surface area (Å²) in [6.45, 7) is 10.1. The van der Waals surface area contributed by atoms with Crippen molar-refractivity contribution < 1.29 is 9.53 Å². The quantitative estimate of drug-likeness (QED) is 0.492. The summed E-state index contributed by atoms with van der Waals surface area (Å²) in [6, 6.07) is 16.2. The lowest BCUT2D eigenvalue weighted by Gasteiger charge is -2.44. The maximum atomic E-state index is 13.8. The number of hydrogen-bond acceptors (Lipinski definition) is 4. The molecule has 5 heteroatoms. The predicted molar refractivity (Wildman–Crippen MR) is 137 cm³/mol. The van der Waals surface area contributed by atoms with Crippen LogP contribution in [0.5, 0.6) is 11.5 Å². The average Bonchev–Trinajstić information content (AvgIpc) is 3.06. The first-order valence-electron chi connectivity index (χ1n) is 11.8. The molecule has 0 aliphatic carbocycles. The molecular formula is C29H29N3O2. The van der Waals surface area contributed by atoms with Crippen molar-refractivity contribution in [1.29, 1.82) is 0 Å². The Labute approximate surface area is 201 Å². The molecule has 0 radical (unpaired) electrons. The number of nitrogens with zero attached hydrogens (tertiary/aromatic N) is 1. The zero-order valence-corrected chi connectivity index (χ0v) is 20.1. The first-order valence-corrected chi connectivity index (χ1v) is 11.8. The van der Waals surface area contributed by atoms with Crippen molar-refractivity contribution in [2.45, 2.75) is 33.2 Å². The van der Waals surface area contributed by atoms with E-state index in [4.69, 9.17) is 11.2 Å². The molecule has 1 amide bonds. The van der Waals surface area contributed by atoms with Crippen molar-refractivity contribution in [3.63, 3.8) is 0 Å². The highest BCUT2D eigenvalue weighted by molar-refractivity contribution is 6.02. The van der Waals surface area contributed by atoms with Gasteiger partial charge in [0, 0.05) is 53.3 Å². The molecule has 0 unspecified atom stereocenters. The van der Waals surface area contributed by atoms with Crippen LogP contribution in [0.25, 0.3) is 0 Å². The third-order valence-corrected chi connectivity index (χ3v) is 6.83. The lowest BCUT2D eigenvalue weighted by Crippen LogP contribution is -2.47. The monoisotopic (exact) mass is 451 g/mol. The van der Waals surface area contributed by atoms with E-state index < -0.39 is 5.54 Å². The van der Waals surface area contributed by atoms with E-state index in [1.54, 1.807) is 0 Å². The third kappa shape index (κ3) is 2.92. The lowest BCUT2D eigenvalue weighted by molar-refractivity contribution is 0.0699. The molecule has 5 rings (SSSR count). The van der Waals surface area contributed by atoms with E-state index in [1.165, 1.54) is 0 Å². The van der Waals surface area contributed by atoms with E-state index in [0.29, 0.717) is 5.56 Å². The second-order valence-corrected chi connectivity index (χ2v) is 8.84. The summed E-state index contributed by atoms with van der Waals surface area (Å²) in [7, 11) is 0. The van der Waals surface area contributed by atoms with Crippen LogP contribution in [0.15, 0.2) is 48.5 Å². The number of aryl methyl sites for hydroxylation is 2. The molecule has 0 fully saturated rings.